The quantitative estimate of drug-likeness (QED) is 0.569. The summed E-state index contributed by atoms with van der Waals surface area (Å²) in [6, 6.07) is 7.30. The van der Waals surface area contributed by atoms with Crippen LogP contribution >= 0.6 is 0 Å². The largest absolute Gasteiger partial charge is 0.482 e. The van der Waals surface area contributed by atoms with Gasteiger partial charge in [0, 0.05) is 12.6 Å². The van der Waals surface area contributed by atoms with Gasteiger partial charge >= 0.3 is 5.97 Å². The van der Waals surface area contributed by atoms with Crippen LogP contribution in [-0.4, -0.2) is 42.2 Å². The summed E-state index contributed by atoms with van der Waals surface area (Å²) < 4.78 is 5.06. The third-order valence-corrected chi connectivity index (χ3v) is 3.41. The molecule has 0 spiro atoms. The second kappa shape index (κ2) is 7.77. The molecule has 7 nitrogen and oxygen atoms in total. The number of carbonyl (C=O) groups is 2. The molecule has 1 heterocycles. The van der Waals surface area contributed by atoms with Crippen LogP contribution in [0.5, 0.6) is 5.75 Å². The summed E-state index contributed by atoms with van der Waals surface area (Å²) in [6.07, 6.45) is 1.49. The lowest BCUT2D eigenvalue weighted by molar-refractivity contribution is -0.139. The van der Waals surface area contributed by atoms with Crippen LogP contribution in [0.1, 0.15) is 18.9 Å². The number of nitrogens with one attached hydrogen (secondary N) is 3. The van der Waals surface area contributed by atoms with Gasteiger partial charge in [-0.2, -0.15) is 0 Å². The van der Waals surface area contributed by atoms with Crippen LogP contribution in [0.3, 0.4) is 0 Å². The first-order valence-electron chi connectivity index (χ1n) is 7.27. The average Bonchev–Trinajstić information content (AvgIpc) is 2.93. The number of amides is 1. The number of hydrogen-bond donors (Lipinski definition) is 4. The minimum absolute atomic E-state index is 0.00161. The molecule has 0 aliphatic carbocycles. The third kappa shape index (κ3) is 5.01. The lowest BCUT2D eigenvalue weighted by Crippen LogP contribution is -2.43. The zero-order chi connectivity index (χ0) is 15.9. The molecule has 1 aliphatic heterocycles. The lowest BCUT2D eigenvalue weighted by atomic mass is 10.1. The molecule has 22 heavy (non-hydrogen) atoms. The van der Waals surface area contributed by atoms with Crippen molar-refractivity contribution in [2.45, 2.75) is 31.8 Å². The number of carboxylic acids is 1. The van der Waals surface area contributed by atoms with Crippen LogP contribution in [0.15, 0.2) is 24.3 Å². The molecule has 1 saturated heterocycles. The van der Waals surface area contributed by atoms with Crippen molar-refractivity contribution in [1.29, 1.82) is 0 Å². The first kappa shape index (κ1) is 16.3. The molecular formula is C15H21N3O4. The van der Waals surface area contributed by atoms with Crippen LogP contribution in [0, 0.1) is 0 Å². The highest BCUT2D eigenvalue weighted by Gasteiger charge is 2.25. The number of ether oxygens (including phenoxy) is 1. The molecule has 2 unspecified atom stereocenters. The van der Waals surface area contributed by atoms with Crippen molar-refractivity contribution >= 4 is 11.9 Å². The maximum absolute atomic E-state index is 11.9. The Labute approximate surface area is 129 Å². The number of hydrazine groups is 1. The smallest absolute Gasteiger partial charge is 0.341 e. The van der Waals surface area contributed by atoms with E-state index in [0.29, 0.717) is 24.8 Å². The summed E-state index contributed by atoms with van der Waals surface area (Å²) >= 11 is 0. The van der Waals surface area contributed by atoms with E-state index in [2.05, 4.69) is 16.2 Å². The van der Waals surface area contributed by atoms with E-state index in [4.69, 9.17) is 9.84 Å². The number of carboxylic acid groups (broad SMARTS) is 1. The standard InChI is InChI=1S/C15H21N3O4/c1-10-8-13(18-17-10)15(21)16-7-6-11-2-4-12(5-3-11)22-9-14(19)20/h2-5,10,13,17-18H,6-9H2,1H3,(H,16,21)(H,19,20). The molecule has 1 aromatic carbocycles. The van der Waals surface area contributed by atoms with Gasteiger partial charge in [-0.3, -0.25) is 10.2 Å². The minimum Gasteiger partial charge on any atom is -0.482 e. The summed E-state index contributed by atoms with van der Waals surface area (Å²) in [6.45, 7) is 2.23. The molecular weight excluding hydrogens is 286 g/mol. The maximum Gasteiger partial charge on any atom is 0.341 e. The fourth-order valence-electron chi connectivity index (χ4n) is 2.24. The highest BCUT2D eigenvalue weighted by Crippen LogP contribution is 2.12. The number of aliphatic carboxylic acids is 1. The fraction of sp³-hybridized carbons (Fsp3) is 0.467. The van der Waals surface area contributed by atoms with Crippen molar-refractivity contribution in [2.24, 2.45) is 0 Å². The van der Waals surface area contributed by atoms with Gasteiger partial charge in [0.1, 0.15) is 11.8 Å². The molecule has 2 atom stereocenters. The molecule has 120 valence electrons. The summed E-state index contributed by atoms with van der Waals surface area (Å²) in [5.74, 6) is -0.486. The summed E-state index contributed by atoms with van der Waals surface area (Å²) in [5.41, 5.74) is 7.03. The molecule has 0 aromatic heterocycles. The molecule has 2 rings (SSSR count). The fourth-order valence-corrected chi connectivity index (χ4v) is 2.24. The molecule has 0 saturated carbocycles. The van der Waals surface area contributed by atoms with Gasteiger partial charge in [-0.25, -0.2) is 10.2 Å². The van der Waals surface area contributed by atoms with Crippen LogP contribution in [0.4, 0.5) is 0 Å². The SMILES string of the molecule is CC1CC(C(=O)NCCc2ccc(OCC(=O)O)cc2)NN1. The predicted molar refractivity (Wildman–Crippen MR) is 80.4 cm³/mol. The van der Waals surface area contributed by atoms with Gasteiger partial charge in [-0.1, -0.05) is 12.1 Å². The highest BCUT2D eigenvalue weighted by atomic mass is 16.5. The van der Waals surface area contributed by atoms with Gasteiger partial charge < -0.3 is 15.2 Å². The zero-order valence-corrected chi connectivity index (χ0v) is 12.5. The second-order valence-corrected chi connectivity index (χ2v) is 5.35. The Kier molecular flexibility index (Phi) is 5.74. The maximum atomic E-state index is 11.9. The van der Waals surface area contributed by atoms with Crippen molar-refractivity contribution in [3.63, 3.8) is 0 Å². The van der Waals surface area contributed by atoms with Gasteiger partial charge in [0.15, 0.2) is 6.61 Å². The molecule has 1 fully saturated rings. The average molecular weight is 307 g/mol. The number of hydrogen-bond acceptors (Lipinski definition) is 5. The van der Waals surface area contributed by atoms with Gasteiger partial charge in [0.2, 0.25) is 5.91 Å². The molecule has 1 aliphatic rings. The van der Waals surface area contributed by atoms with E-state index in [9.17, 15) is 9.59 Å². The first-order valence-corrected chi connectivity index (χ1v) is 7.27. The van der Waals surface area contributed by atoms with Gasteiger partial charge in [-0.15, -0.1) is 0 Å². The Morgan fingerprint density at radius 1 is 1.32 bits per heavy atom. The molecule has 4 N–H and O–H groups in total. The van der Waals surface area contributed by atoms with Crippen molar-refractivity contribution in [3.05, 3.63) is 29.8 Å². The molecule has 1 aromatic rings. The van der Waals surface area contributed by atoms with Gasteiger partial charge in [0.25, 0.3) is 0 Å². The highest BCUT2D eigenvalue weighted by molar-refractivity contribution is 5.82. The Balaban J connectivity index is 1.70. The van der Waals surface area contributed by atoms with E-state index < -0.39 is 5.97 Å². The number of benzene rings is 1. The van der Waals surface area contributed by atoms with Crippen LogP contribution < -0.4 is 20.9 Å². The monoisotopic (exact) mass is 307 g/mol. The third-order valence-electron chi connectivity index (χ3n) is 3.41. The van der Waals surface area contributed by atoms with Crippen LogP contribution in [0.25, 0.3) is 0 Å². The van der Waals surface area contributed by atoms with E-state index in [1.54, 1.807) is 12.1 Å². The topological polar surface area (TPSA) is 99.7 Å². The number of carbonyl (C=O) groups excluding carboxylic acids is 1. The molecule has 0 bridgehead atoms. The van der Waals surface area contributed by atoms with Crippen molar-refractivity contribution < 1.29 is 19.4 Å². The summed E-state index contributed by atoms with van der Waals surface area (Å²) in [7, 11) is 0. The van der Waals surface area contributed by atoms with Gasteiger partial charge in [0.05, 0.1) is 0 Å². The Hall–Kier alpha value is -2.12. The first-order chi connectivity index (χ1) is 10.5. The predicted octanol–water partition coefficient (Wildman–Crippen LogP) is 0.0637. The molecule has 7 heteroatoms. The van der Waals surface area contributed by atoms with Crippen molar-refractivity contribution in [3.8, 4) is 5.75 Å². The van der Waals surface area contributed by atoms with Crippen molar-refractivity contribution in [2.75, 3.05) is 13.2 Å². The van der Waals surface area contributed by atoms with E-state index in [1.165, 1.54) is 0 Å². The van der Waals surface area contributed by atoms with E-state index in [1.807, 2.05) is 19.1 Å². The summed E-state index contributed by atoms with van der Waals surface area (Å²) in [4.78, 5) is 22.3. The Morgan fingerprint density at radius 2 is 2.05 bits per heavy atom. The molecule has 0 radical (unpaired) electrons. The number of rotatable bonds is 7. The zero-order valence-electron chi connectivity index (χ0n) is 12.5. The van der Waals surface area contributed by atoms with Crippen LogP contribution in [0.2, 0.25) is 0 Å². The second-order valence-electron chi connectivity index (χ2n) is 5.35. The normalized spacial score (nSPS) is 20.6. The van der Waals surface area contributed by atoms with Gasteiger partial charge in [-0.05, 0) is 37.5 Å². The Morgan fingerprint density at radius 3 is 2.64 bits per heavy atom. The van der Waals surface area contributed by atoms with Crippen LogP contribution in [-0.2, 0) is 16.0 Å². The summed E-state index contributed by atoms with van der Waals surface area (Å²) in [5, 5.41) is 11.4. The van der Waals surface area contributed by atoms with E-state index in [-0.39, 0.29) is 18.6 Å². The van der Waals surface area contributed by atoms with E-state index in [0.717, 1.165) is 12.0 Å². The minimum atomic E-state index is -1.00. The molecule has 1 amide bonds. The lowest BCUT2D eigenvalue weighted by Gasteiger charge is -2.10. The van der Waals surface area contributed by atoms with Crippen molar-refractivity contribution in [1.82, 2.24) is 16.2 Å². The van der Waals surface area contributed by atoms with E-state index >= 15 is 0 Å². The Bertz CT molecular complexity index is 518.